The Hall–Kier alpha value is -11.9. The predicted molar refractivity (Wildman–Crippen MR) is 360 cm³/mol. The molecule has 0 aliphatic heterocycles. The Morgan fingerprint density at radius 2 is 0.772 bits per heavy atom. The van der Waals surface area contributed by atoms with Crippen molar-refractivity contribution in [2.24, 2.45) is 0 Å². The van der Waals surface area contributed by atoms with E-state index in [4.69, 9.17) is 60.9 Å². The van der Waals surface area contributed by atoms with Crippen molar-refractivity contribution in [3.05, 3.63) is 291 Å². The SMILES string of the molecule is [2H]O[2H].[2H]c1c([2H])c([2H])c(-c2nc(-c3c([2H])c([2H])c([2H])c([2H])c3[2H])nc(-c3c([2H])c([2H])c4c(oc5c(-n6c7c([2H])c([2H])c([2H])c([2H])c7c7c([2H])c([2H])c([2H])c([2H])c76)c([2H])c([2H])c([2H])c54)c3[2H])n2)c([2H])c1[2H].[O]=[Pt]=[O].c1ccc(-c2nc(-c3ccccc3)nc(-c3ccc4c(c3)oc3c(-n5c6ccccc6c6ccccc65)cccc34)n2)cc1. The molecule has 0 aliphatic rings. The molecule has 0 saturated heterocycles. The molecule has 0 saturated carbocycles. The molecule has 12 aromatic carbocycles. The second-order valence-corrected chi connectivity index (χ2v) is 20.4. The number of nitrogens with zero attached hydrogens (tertiary/aromatic N) is 8. The van der Waals surface area contributed by atoms with Gasteiger partial charge in [-0.15, -0.1) is 0 Å². The average Bonchev–Trinajstić information content (AvgIpc) is 1.50. The van der Waals surface area contributed by atoms with Gasteiger partial charge in [-0.2, -0.15) is 0 Å². The summed E-state index contributed by atoms with van der Waals surface area (Å²) in [6.45, 7) is 0. The van der Waals surface area contributed by atoms with Crippen LogP contribution in [0.5, 0.6) is 0 Å². The molecule has 14 heteroatoms. The van der Waals surface area contributed by atoms with Gasteiger partial charge < -0.3 is 23.4 Å². The number of fused-ring (bicyclic) bond motifs is 12. The molecule has 6 aromatic heterocycles. The van der Waals surface area contributed by atoms with E-state index in [2.05, 4.69) is 104 Å². The first-order chi connectivity index (χ1) is 56.4. The molecule has 18 rings (SSSR count). The minimum absolute atomic E-state index is 0.402. The van der Waals surface area contributed by atoms with Crippen LogP contribution in [-0.2, 0) is 25.3 Å². The quantitative estimate of drug-likeness (QED) is 0.142. The molecular weight excluding hydrogens is 1320 g/mol. The molecule has 0 spiro atoms. The summed E-state index contributed by atoms with van der Waals surface area (Å²) in [7, 11) is 0. The number of para-hydroxylation sites is 6. The Bertz CT molecular complexity index is 7040. The molecule has 18 aromatic rings. The fourth-order valence-corrected chi connectivity index (χ4v) is 11.0. The van der Waals surface area contributed by atoms with E-state index in [1.165, 1.54) is 10.8 Å². The summed E-state index contributed by atoms with van der Waals surface area (Å²) >= 11 is -1.92. The molecule has 442 valence electrons. The standard InChI is InChI=1S/2C39H24N4O.H2O.2O.Pt/c2*1-3-12-25(13-4-1)37-40-38(26-14-5-2-6-15-26)42-39(41-37)27-22-23-30-31-18-11-21-34(36(31)44-35(30)24-27)43-32-19-9-7-16-28(32)29-17-8-10-20-33(29)43;;;;/h2*1-24H;1H2;;;/i1D,2D,3D,4D,5D,6D,7D,8D,9D,10D,11D,12D,13D,14D,15D,16D,17D,18D,19D,20D,21D,22D,23D,24D;;;;;/hD2. The minimum Gasteiger partial charge on any atom is -0.454 e. The molecule has 0 unspecified atom stereocenters. The van der Waals surface area contributed by atoms with E-state index in [0.29, 0.717) is 17.5 Å². The summed E-state index contributed by atoms with van der Waals surface area (Å²) < 4.78 is 252. The third-order valence-electron chi connectivity index (χ3n) is 14.9. The van der Waals surface area contributed by atoms with E-state index in [1.807, 2.05) is 66.7 Å². The van der Waals surface area contributed by atoms with E-state index in [1.54, 1.807) is 0 Å². The van der Waals surface area contributed by atoms with Crippen LogP contribution < -0.4 is 0 Å². The Morgan fingerprint density at radius 3 is 1.35 bits per heavy atom. The first-order valence-corrected chi connectivity index (χ1v) is 29.4. The van der Waals surface area contributed by atoms with Gasteiger partial charge in [0.05, 0.1) is 66.3 Å². The summed E-state index contributed by atoms with van der Waals surface area (Å²) in [5.41, 5.74) is 5.51. The van der Waals surface area contributed by atoms with Crippen LogP contribution in [0.4, 0.5) is 0 Å². The van der Waals surface area contributed by atoms with Gasteiger partial charge in [0.15, 0.2) is 46.1 Å². The van der Waals surface area contributed by atoms with Crippen molar-refractivity contribution in [1.29, 1.82) is 2.86 Å². The van der Waals surface area contributed by atoms with E-state index >= 15 is 0 Å². The summed E-state index contributed by atoms with van der Waals surface area (Å²) in [5, 5.41) is 2.77. The predicted octanol–water partition coefficient (Wildman–Crippen LogP) is 18.7. The molecule has 0 bridgehead atoms. The number of hydrogen-bond donors (Lipinski definition) is 0. The van der Waals surface area contributed by atoms with Crippen molar-refractivity contribution in [1.82, 2.24) is 39.0 Å². The molecule has 0 aliphatic carbocycles. The minimum atomic E-state index is -1.92. The van der Waals surface area contributed by atoms with Gasteiger partial charge in [0, 0.05) is 76.5 Å². The number of aromatic nitrogens is 8. The van der Waals surface area contributed by atoms with Gasteiger partial charge in [0.2, 0.25) is 2.86 Å². The van der Waals surface area contributed by atoms with Crippen LogP contribution >= 0.6 is 0 Å². The zero-order valence-corrected chi connectivity index (χ0v) is 49.1. The van der Waals surface area contributed by atoms with Gasteiger partial charge in [-0.3, -0.25) is 0 Å². The monoisotopic (exact) mass is 1400 g/mol. The van der Waals surface area contributed by atoms with Crippen LogP contribution in [-0.4, -0.2) is 47.4 Å². The van der Waals surface area contributed by atoms with E-state index in [0.717, 1.165) is 59.9 Å². The average molecular weight is 1400 g/mol. The van der Waals surface area contributed by atoms with Crippen LogP contribution in [0.3, 0.4) is 0 Å². The van der Waals surface area contributed by atoms with Gasteiger partial charge in [-0.1, -0.05) is 230 Å². The zero-order chi connectivity index (χ0) is 84.4. The van der Waals surface area contributed by atoms with Gasteiger partial charge in [-0.25, -0.2) is 29.9 Å². The first-order valence-electron chi connectivity index (χ1n) is 40.4. The van der Waals surface area contributed by atoms with E-state index in [-0.39, 0.29) is 0 Å². The van der Waals surface area contributed by atoms with Crippen molar-refractivity contribution >= 4 is 87.5 Å². The molecule has 0 amide bonds. The topological polar surface area (TPSA) is 179 Å². The largest absolute Gasteiger partial charge is 0.454 e. The molecule has 0 radical (unpaired) electrons. The molecule has 0 atom stereocenters. The van der Waals surface area contributed by atoms with Crippen LogP contribution in [0.2, 0.25) is 0 Å². The molecule has 6 heterocycles. The summed E-state index contributed by atoms with van der Waals surface area (Å²) in [6.07, 6.45) is 0. The molecule has 2 N–H and O–H groups in total. The summed E-state index contributed by atoms with van der Waals surface area (Å²) in [5.74, 6) is -0.420. The molecule has 0 fully saturated rings. The molecular formula is C78H50N8O5Pt. The van der Waals surface area contributed by atoms with Crippen LogP contribution in [0.25, 0.3) is 167 Å². The Morgan fingerprint density at radius 1 is 0.326 bits per heavy atom. The van der Waals surface area contributed by atoms with Crippen LogP contribution in [0.1, 0.15) is 32.9 Å². The van der Waals surface area contributed by atoms with Crippen molar-refractivity contribution in [3.63, 3.8) is 0 Å². The van der Waals surface area contributed by atoms with Gasteiger partial charge in [0.1, 0.15) is 11.2 Å². The number of rotatable bonds is 8. The van der Waals surface area contributed by atoms with Gasteiger partial charge >= 0.3 is 25.3 Å². The maximum absolute atomic E-state index is 9.49. The Kier molecular flexibility index (Phi) is 9.16. The zero-order valence-electron chi connectivity index (χ0n) is 72.8. The fourth-order valence-electron chi connectivity index (χ4n) is 11.0. The normalized spacial score (nSPS) is 15.2. The smallest absolute Gasteiger partial charge is 0.164 e. The van der Waals surface area contributed by atoms with Gasteiger partial charge in [-0.05, 0) is 60.5 Å². The van der Waals surface area contributed by atoms with Crippen LogP contribution in [0, 0.1) is 0 Å². The van der Waals surface area contributed by atoms with Crippen molar-refractivity contribution in [2.75, 3.05) is 0 Å². The van der Waals surface area contributed by atoms with Crippen molar-refractivity contribution in [3.8, 4) is 79.7 Å². The maximum Gasteiger partial charge on any atom is 0.164 e. The Balaban J connectivity index is 0.000000186. The van der Waals surface area contributed by atoms with Crippen LogP contribution in [0.15, 0.2) is 299 Å². The number of hydrogen-bond acceptors (Lipinski definition) is 10. The third-order valence-corrected chi connectivity index (χ3v) is 14.9. The second kappa shape index (κ2) is 24.2. The molecule has 92 heavy (non-hydrogen) atoms. The Labute approximate surface area is 570 Å². The maximum atomic E-state index is 9.49. The van der Waals surface area contributed by atoms with Gasteiger partial charge in [0.25, 0.3) is 0 Å². The first kappa shape index (κ1) is 34.8. The fraction of sp³-hybridized carbons (Fsp3) is 0. The van der Waals surface area contributed by atoms with E-state index < -0.39 is 247 Å². The molecule has 13 nitrogen and oxygen atoms in total. The third kappa shape index (κ3) is 10.1. The summed E-state index contributed by atoms with van der Waals surface area (Å²) in [6, 6.07) is 30.0. The van der Waals surface area contributed by atoms with Crippen molar-refractivity contribution < 1.29 is 72.5 Å². The van der Waals surface area contributed by atoms with Crippen molar-refractivity contribution in [2.45, 2.75) is 0 Å². The van der Waals surface area contributed by atoms with E-state index in [9.17, 15) is 5.48 Å². The summed E-state index contributed by atoms with van der Waals surface area (Å²) in [4.78, 5) is 27.4. The number of benzene rings is 12. The second-order valence-electron chi connectivity index (χ2n) is 20.0. The number of furan rings is 2.